The Hall–Kier alpha value is -1.83. The molecule has 0 saturated heterocycles. The number of benzene rings is 2. The van der Waals surface area contributed by atoms with Crippen LogP contribution in [0.3, 0.4) is 0 Å². The molecule has 3 saturated carbocycles. The summed E-state index contributed by atoms with van der Waals surface area (Å²) in [5, 5.41) is 2.50. The molecular formula is C22H27NO. The van der Waals surface area contributed by atoms with Gasteiger partial charge in [0.15, 0.2) is 0 Å². The molecule has 126 valence electrons. The van der Waals surface area contributed by atoms with Gasteiger partial charge in [0.1, 0.15) is 0 Å². The largest absolute Gasteiger partial charge is 0.341 e. The van der Waals surface area contributed by atoms with Crippen molar-refractivity contribution in [3.8, 4) is 0 Å². The summed E-state index contributed by atoms with van der Waals surface area (Å²) >= 11 is 0. The van der Waals surface area contributed by atoms with E-state index in [2.05, 4.69) is 63.2 Å². The monoisotopic (exact) mass is 321 g/mol. The maximum atomic E-state index is 13.0. The van der Waals surface area contributed by atoms with Gasteiger partial charge in [-0.25, -0.2) is 0 Å². The second-order valence-electron chi connectivity index (χ2n) is 9.14. The van der Waals surface area contributed by atoms with Crippen molar-refractivity contribution in [2.24, 2.45) is 16.2 Å². The minimum absolute atomic E-state index is 0.0490. The van der Waals surface area contributed by atoms with Crippen molar-refractivity contribution >= 4 is 16.7 Å². The Balaban J connectivity index is 1.50. The van der Waals surface area contributed by atoms with E-state index in [4.69, 9.17) is 0 Å². The number of carbonyl (C=O) groups is 1. The Kier molecular flexibility index (Phi) is 3.16. The summed E-state index contributed by atoms with van der Waals surface area (Å²) in [6.45, 7) is 7.66. The van der Waals surface area contributed by atoms with E-state index in [0.29, 0.717) is 23.3 Å². The fraction of sp³-hybridized carbons (Fsp3) is 0.500. The molecule has 2 aromatic rings. The maximum absolute atomic E-state index is 13.0. The van der Waals surface area contributed by atoms with E-state index in [1.807, 2.05) is 11.9 Å². The van der Waals surface area contributed by atoms with Gasteiger partial charge in [0.2, 0.25) is 5.91 Å². The van der Waals surface area contributed by atoms with Crippen LogP contribution in [0.1, 0.15) is 45.6 Å². The molecule has 1 amide bonds. The highest BCUT2D eigenvalue weighted by atomic mass is 16.2. The topological polar surface area (TPSA) is 20.3 Å². The molecule has 5 rings (SSSR count). The Morgan fingerprint density at radius 3 is 2.33 bits per heavy atom. The first kappa shape index (κ1) is 15.7. The number of rotatable bonds is 3. The molecule has 3 aliphatic carbocycles. The molecular weight excluding hydrogens is 294 g/mol. The smallest absolute Gasteiger partial charge is 0.228 e. The number of hydrogen-bond donors (Lipinski definition) is 0. The van der Waals surface area contributed by atoms with Gasteiger partial charge < -0.3 is 4.90 Å². The quantitative estimate of drug-likeness (QED) is 0.778. The molecule has 3 aliphatic rings. The van der Waals surface area contributed by atoms with Crippen molar-refractivity contribution in [1.29, 1.82) is 0 Å². The van der Waals surface area contributed by atoms with Gasteiger partial charge in [0, 0.05) is 13.6 Å². The maximum Gasteiger partial charge on any atom is 0.228 e. The number of amides is 1. The van der Waals surface area contributed by atoms with Crippen LogP contribution in [0.5, 0.6) is 0 Å². The third-order valence-corrected chi connectivity index (χ3v) is 6.71. The minimum Gasteiger partial charge on any atom is -0.341 e. The molecule has 3 fully saturated rings. The van der Waals surface area contributed by atoms with E-state index in [1.165, 1.54) is 16.3 Å². The van der Waals surface area contributed by atoms with Crippen molar-refractivity contribution in [2.75, 3.05) is 7.05 Å². The first-order valence-electron chi connectivity index (χ1n) is 8.99. The van der Waals surface area contributed by atoms with Gasteiger partial charge in [-0.2, -0.15) is 0 Å². The lowest BCUT2D eigenvalue weighted by Crippen LogP contribution is -2.71. The van der Waals surface area contributed by atoms with Crippen molar-refractivity contribution in [3.63, 3.8) is 0 Å². The van der Waals surface area contributed by atoms with E-state index >= 15 is 0 Å². The lowest BCUT2D eigenvalue weighted by molar-refractivity contribution is -0.254. The highest BCUT2D eigenvalue weighted by Crippen LogP contribution is 2.79. The fourth-order valence-electron chi connectivity index (χ4n) is 4.97. The van der Waals surface area contributed by atoms with Crippen molar-refractivity contribution in [2.45, 2.75) is 46.6 Å². The molecule has 2 aromatic carbocycles. The van der Waals surface area contributed by atoms with Gasteiger partial charge in [0.25, 0.3) is 0 Å². The molecule has 0 aliphatic heterocycles. The van der Waals surface area contributed by atoms with E-state index in [1.54, 1.807) is 0 Å². The number of hydrogen-bond acceptors (Lipinski definition) is 1. The molecule has 0 spiro atoms. The van der Waals surface area contributed by atoms with Gasteiger partial charge in [-0.3, -0.25) is 4.79 Å². The van der Waals surface area contributed by atoms with Crippen LogP contribution < -0.4 is 0 Å². The molecule has 0 aromatic heterocycles. The van der Waals surface area contributed by atoms with Crippen LogP contribution >= 0.6 is 0 Å². The molecule has 0 unspecified atom stereocenters. The van der Waals surface area contributed by atoms with Crippen LogP contribution in [0.15, 0.2) is 42.5 Å². The van der Waals surface area contributed by atoms with Gasteiger partial charge in [-0.15, -0.1) is 0 Å². The number of nitrogens with zero attached hydrogens (tertiary/aromatic N) is 1. The molecule has 2 heteroatoms. The zero-order chi connectivity index (χ0) is 17.2. The molecule has 0 radical (unpaired) electrons. The van der Waals surface area contributed by atoms with Gasteiger partial charge in [-0.05, 0) is 46.4 Å². The van der Waals surface area contributed by atoms with Crippen LogP contribution in [0.25, 0.3) is 10.8 Å². The lowest BCUT2D eigenvalue weighted by atomic mass is 9.29. The highest BCUT2D eigenvalue weighted by Gasteiger charge is 2.74. The van der Waals surface area contributed by atoms with Crippen LogP contribution in [-0.4, -0.2) is 17.9 Å². The van der Waals surface area contributed by atoms with Crippen molar-refractivity contribution in [3.05, 3.63) is 48.0 Å². The van der Waals surface area contributed by atoms with Crippen LogP contribution in [0.4, 0.5) is 0 Å². The summed E-state index contributed by atoms with van der Waals surface area (Å²) in [6.07, 6.45) is 3.26. The molecule has 0 atom stereocenters. The molecule has 0 heterocycles. The second-order valence-corrected chi connectivity index (χ2v) is 9.14. The lowest BCUT2D eigenvalue weighted by Gasteiger charge is -2.75. The molecule has 24 heavy (non-hydrogen) atoms. The van der Waals surface area contributed by atoms with E-state index in [-0.39, 0.29) is 5.41 Å². The summed E-state index contributed by atoms with van der Waals surface area (Å²) in [6, 6.07) is 14.8. The summed E-state index contributed by atoms with van der Waals surface area (Å²) < 4.78 is 0. The van der Waals surface area contributed by atoms with Crippen LogP contribution in [0, 0.1) is 16.2 Å². The van der Waals surface area contributed by atoms with E-state index in [9.17, 15) is 4.79 Å². The predicted octanol–water partition coefficient (Wildman–Crippen LogP) is 5.01. The third kappa shape index (κ3) is 2.05. The van der Waals surface area contributed by atoms with Crippen molar-refractivity contribution in [1.82, 2.24) is 4.90 Å². The first-order chi connectivity index (χ1) is 11.3. The summed E-state index contributed by atoms with van der Waals surface area (Å²) in [4.78, 5) is 15.0. The fourth-order valence-corrected chi connectivity index (χ4v) is 4.97. The summed E-state index contributed by atoms with van der Waals surface area (Å²) in [5.41, 5.74) is 1.93. The van der Waals surface area contributed by atoms with E-state index in [0.717, 1.165) is 19.3 Å². The molecule has 0 N–H and O–H groups in total. The number of fused-ring (bicyclic) bond motifs is 1. The molecule has 2 bridgehead atoms. The Labute approximate surface area is 144 Å². The second kappa shape index (κ2) is 4.84. The highest BCUT2D eigenvalue weighted by molar-refractivity contribution is 5.88. The Morgan fingerprint density at radius 1 is 1.04 bits per heavy atom. The van der Waals surface area contributed by atoms with Crippen LogP contribution in [-0.2, 0) is 11.3 Å². The third-order valence-electron chi connectivity index (χ3n) is 6.71. The summed E-state index contributed by atoms with van der Waals surface area (Å²) in [5.74, 6) is 0.349. The Bertz CT molecular complexity index is 789. The SMILES string of the molecule is CN(Cc1cccc2ccccc12)C(=O)C12CC(C(C)(C)C)(C1)C2. The summed E-state index contributed by atoms with van der Waals surface area (Å²) in [7, 11) is 1.97. The van der Waals surface area contributed by atoms with Gasteiger partial charge in [-0.1, -0.05) is 63.2 Å². The zero-order valence-corrected chi connectivity index (χ0v) is 15.2. The minimum atomic E-state index is -0.0490. The van der Waals surface area contributed by atoms with Gasteiger partial charge >= 0.3 is 0 Å². The Morgan fingerprint density at radius 2 is 1.67 bits per heavy atom. The van der Waals surface area contributed by atoms with Crippen LogP contribution in [0.2, 0.25) is 0 Å². The van der Waals surface area contributed by atoms with E-state index < -0.39 is 0 Å². The standard InChI is InChI=1S/C22H27NO/c1-20(2,3)22-13-21(14-22,15-22)19(24)23(4)12-17-10-7-9-16-8-5-6-11-18(16)17/h5-11H,12-15H2,1-4H3. The number of carbonyl (C=O) groups excluding carboxylic acids is 1. The first-order valence-corrected chi connectivity index (χ1v) is 8.99. The normalized spacial score (nSPS) is 28.2. The molecule has 2 nitrogen and oxygen atoms in total. The van der Waals surface area contributed by atoms with Gasteiger partial charge in [0.05, 0.1) is 5.41 Å². The average molecular weight is 321 g/mol. The predicted molar refractivity (Wildman–Crippen MR) is 98.6 cm³/mol. The average Bonchev–Trinajstić information content (AvgIpc) is 2.43. The van der Waals surface area contributed by atoms with Crippen molar-refractivity contribution < 1.29 is 4.79 Å². The zero-order valence-electron chi connectivity index (χ0n) is 15.2.